The summed E-state index contributed by atoms with van der Waals surface area (Å²) >= 11 is 5.21. The summed E-state index contributed by atoms with van der Waals surface area (Å²) in [6.45, 7) is 0. The maximum Gasteiger partial charge on any atom is 0.214 e. The molecule has 3 aromatic rings. The number of nitrogens with zero attached hydrogens (tertiary/aromatic N) is 2. The average Bonchev–Trinajstić information content (AvgIpc) is 3.32. The molecule has 0 radical (unpaired) electrons. The fraction of sp³-hybridized carbons (Fsp3) is 0.150. The van der Waals surface area contributed by atoms with E-state index >= 15 is 0 Å². The highest BCUT2D eigenvalue weighted by Gasteiger charge is 2.41. The minimum atomic E-state index is -0.261. The highest BCUT2D eigenvalue weighted by atomic mass is 79.9. The first-order valence-corrected chi connectivity index (χ1v) is 10.1. The SMILES string of the molecule is Oc1ccccc1C1=NN2[C@@H](C1)c1cc(Br)ccc1O[C@H]2c1ccsc1. The molecule has 0 amide bonds. The summed E-state index contributed by atoms with van der Waals surface area (Å²) in [5.41, 5.74) is 3.86. The number of aromatic hydroxyl groups is 1. The van der Waals surface area contributed by atoms with E-state index in [2.05, 4.69) is 38.8 Å². The van der Waals surface area contributed by atoms with Gasteiger partial charge in [0, 0.05) is 27.6 Å². The van der Waals surface area contributed by atoms with Gasteiger partial charge in [-0.2, -0.15) is 16.4 Å². The third kappa shape index (κ3) is 2.52. The zero-order valence-electron chi connectivity index (χ0n) is 13.7. The van der Waals surface area contributed by atoms with Crippen molar-refractivity contribution < 1.29 is 9.84 Å². The van der Waals surface area contributed by atoms with Gasteiger partial charge in [0.1, 0.15) is 11.5 Å². The van der Waals surface area contributed by atoms with E-state index in [0.717, 1.165) is 39.0 Å². The second-order valence-electron chi connectivity index (χ2n) is 6.37. The van der Waals surface area contributed by atoms with Crippen LogP contribution < -0.4 is 4.74 Å². The van der Waals surface area contributed by atoms with E-state index < -0.39 is 0 Å². The van der Waals surface area contributed by atoms with Crippen molar-refractivity contribution in [2.24, 2.45) is 5.10 Å². The molecule has 6 heteroatoms. The number of phenolic OH excluding ortho intramolecular Hbond substituents is 1. The summed E-state index contributed by atoms with van der Waals surface area (Å²) in [5.74, 6) is 1.15. The number of hydrogen-bond donors (Lipinski definition) is 1. The second-order valence-corrected chi connectivity index (χ2v) is 8.07. The zero-order chi connectivity index (χ0) is 17.7. The largest absolute Gasteiger partial charge is 0.507 e. The van der Waals surface area contributed by atoms with Gasteiger partial charge < -0.3 is 9.84 Å². The molecule has 26 heavy (non-hydrogen) atoms. The Morgan fingerprint density at radius 1 is 1.19 bits per heavy atom. The van der Waals surface area contributed by atoms with Gasteiger partial charge in [0.05, 0.1) is 11.8 Å². The van der Waals surface area contributed by atoms with Gasteiger partial charge in [-0.25, -0.2) is 5.01 Å². The molecule has 2 aromatic carbocycles. The van der Waals surface area contributed by atoms with Gasteiger partial charge >= 0.3 is 0 Å². The first-order valence-electron chi connectivity index (χ1n) is 8.33. The molecule has 5 rings (SSSR count). The predicted octanol–water partition coefficient (Wildman–Crippen LogP) is 5.46. The number of hydrazone groups is 1. The molecule has 0 bridgehead atoms. The van der Waals surface area contributed by atoms with Gasteiger partial charge in [-0.15, -0.1) is 0 Å². The molecule has 0 unspecified atom stereocenters. The number of para-hydroxylation sites is 1. The smallest absolute Gasteiger partial charge is 0.214 e. The summed E-state index contributed by atoms with van der Waals surface area (Å²) in [6.07, 6.45) is 0.466. The van der Waals surface area contributed by atoms with Crippen LogP contribution in [0, 0.1) is 0 Å². The monoisotopic (exact) mass is 426 g/mol. The Labute approximate surface area is 163 Å². The summed E-state index contributed by atoms with van der Waals surface area (Å²) in [7, 11) is 0. The Balaban J connectivity index is 1.62. The van der Waals surface area contributed by atoms with Gasteiger partial charge in [-0.3, -0.25) is 0 Å². The number of benzene rings is 2. The highest BCUT2D eigenvalue weighted by molar-refractivity contribution is 9.10. The molecule has 0 saturated heterocycles. The fourth-order valence-electron chi connectivity index (χ4n) is 3.57. The van der Waals surface area contributed by atoms with Crippen LogP contribution in [-0.4, -0.2) is 15.8 Å². The van der Waals surface area contributed by atoms with Crippen LogP contribution in [0.5, 0.6) is 11.5 Å². The topological polar surface area (TPSA) is 45.1 Å². The van der Waals surface area contributed by atoms with Crippen LogP contribution in [0.4, 0.5) is 0 Å². The van der Waals surface area contributed by atoms with E-state index in [-0.39, 0.29) is 18.0 Å². The normalized spacial score (nSPS) is 21.0. The van der Waals surface area contributed by atoms with Crippen molar-refractivity contribution >= 4 is 33.0 Å². The Hall–Kier alpha value is -2.31. The van der Waals surface area contributed by atoms with Gasteiger partial charge in [-0.05, 0) is 47.2 Å². The number of fused-ring (bicyclic) bond motifs is 3. The Morgan fingerprint density at radius 3 is 2.88 bits per heavy atom. The standard InChI is InChI=1S/C20H15BrN2O2S/c21-13-5-6-19-15(9-13)17-10-16(14-3-1-2-4-18(14)24)22-23(17)20(25-19)12-7-8-26-11-12/h1-9,11,17,20,24H,10H2/t17-,20-/m0/s1. The van der Waals surface area contributed by atoms with Crippen molar-refractivity contribution in [2.75, 3.05) is 0 Å². The average molecular weight is 427 g/mol. The third-order valence-corrected chi connectivity index (χ3v) is 5.99. The Kier molecular flexibility index (Phi) is 3.76. The maximum absolute atomic E-state index is 10.3. The Bertz CT molecular complexity index is 1000. The van der Waals surface area contributed by atoms with Gasteiger partial charge in [-0.1, -0.05) is 28.1 Å². The van der Waals surface area contributed by atoms with Crippen LogP contribution in [-0.2, 0) is 0 Å². The van der Waals surface area contributed by atoms with Crippen LogP contribution in [0.15, 0.2) is 68.9 Å². The molecule has 1 aromatic heterocycles. The summed E-state index contributed by atoms with van der Waals surface area (Å²) in [5, 5.41) is 21.3. The molecule has 0 aliphatic carbocycles. The van der Waals surface area contributed by atoms with E-state index in [0.29, 0.717) is 0 Å². The molecule has 2 aliphatic heterocycles. The van der Waals surface area contributed by atoms with Gasteiger partial charge in [0.15, 0.2) is 0 Å². The highest BCUT2D eigenvalue weighted by Crippen LogP contribution is 2.48. The minimum Gasteiger partial charge on any atom is -0.507 e. The second kappa shape index (κ2) is 6.14. The Morgan fingerprint density at radius 2 is 2.08 bits per heavy atom. The van der Waals surface area contributed by atoms with Crippen molar-refractivity contribution in [3.63, 3.8) is 0 Å². The van der Waals surface area contributed by atoms with Crippen LogP contribution >= 0.6 is 27.3 Å². The van der Waals surface area contributed by atoms with Crippen molar-refractivity contribution in [3.8, 4) is 11.5 Å². The molecule has 0 saturated carbocycles. The van der Waals surface area contributed by atoms with Crippen LogP contribution in [0.2, 0.25) is 0 Å². The fourth-order valence-corrected chi connectivity index (χ4v) is 4.62. The maximum atomic E-state index is 10.3. The van der Waals surface area contributed by atoms with E-state index in [1.54, 1.807) is 17.4 Å². The van der Waals surface area contributed by atoms with E-state index in [1.165, 1.54) is 0 Å². The third-order valence-electron chi connectivity index (χ3n) is 4.80. The lowest BCUT2D eigenvalue weighted by atomic mass is 9.96. The molecule has 130 valence electrons. The van der Waals surface area contributed by atoms with Crippen LogP contribution in [0.25, 0.3) is 0 Å². The van der Waals surface area contributed by atoms with Crippen molar-refractivity contribution in [1.82, 2.24) is 5.01 Å². The molecule has 0 fully saturated rings. The first-order chi connectivity index (χ1) is 12.7. The summed E-state index contributed by atoms with van der Waals surface area (Å²) in [6, 6.07) is 15.6. The molecular formula is C20H15BrN2O2S. The van der Waals surface area contributed by atoms with Crippen molar-refractivity contribution in [2.45, 2.75) is 18.7 Å². The number of thiophene rings is 1. The molecule has 0 spiro atoms. The summed E-state index contributed by atoms with van der Waals surface area (Å²) < 4.78 is 7.32. The number of phenols is 1. The molecular weight excluding hydrogens is 412 g/mol. The van der Waals surface area contributed by atoms with Crippen molar-refractivity contribution in [1.29, 1.82) is 0 Å². The number of halogens is 1. The lowest BCUT2D eigenvalue weighted by molar-refractivity contribution is -0.0188. The minimum absolute atomic E-state index is 0.0794. The molecule has 1 N–H and O–H groups in total. The quantitative estimate of drug-likeness (QED) is 0.591. The lowest BCUT2D eigenvalue weighted by Crippen LogP contribution is -2.33. The van der Waals surface area contributed by atoms with E-state index in [9.17, 15) is 5.11 Å². The van der Waals surface area contributed by atoms with Crippen LogP contribution in [0.3, 0.4) is 0 Å². The van der Waals surface area contributed by atoms with Crippen LogP contribution in [0.1, 0.15) is 35.4 Å². The first kappa shape index (κ1) is 15.9. The van der Waals surface area contributed by atoms with E-state index in [1.807, 2.05) is 35.3 Å². The van der Waals surface area contributed by atoms with E-state index in [4.69, 9.17) is 9.84 Å². The predicted molar refractivity (Wildman–Crippen MR) is 106 cm³/mol. The lowest BCUT2D eigenvalue weighted by Gasteiger charge is -2.37. The molecule has 3 heterocycles. The number of ether oxygens (including phenoxy) is 1. The van der Waals surface area contributed by atoms with Gasteiger partial charge in [0.25, 0.3) is 0 Å². The summed E-state index contributed by atoms with van der Waals surface area (Å²) in [4.78, 5) is 0. The number of hydrogen-bond acceptors (Lipinski definition) is 5. The number of rotatable bonds is 2. The zero-order valence-corrected chi connectivity index (χ0v) is 16.1. The van der Waals surface area contributed by atoms with Gasteiger partial charge in [0.2, 0.25) is 6.23 Å². The molecule has 4 nitrogen and oxygen atoms in total. The molecule has 2 atom stereocenters. The molecule has 2 aliphatic rings. The van der Waals surface area contributed by atoms with Crippen molar-refractivity contribution in [3.05, 3.63) is 80.5 Å².